The van der Waals surface area contributed by atoms with Crippen LogP contribution in [0.1, 0.15) is 33.3 Å². The summed E-state index contributed by atoms with van der Waals surface area (Å²) in [4.78, 5) is 0.245. The summed E-state index contributed by atoms with van der Waals surface area (Å²) >= 11 is 0. The van der Waals surface area contributed by atoms with Crippen molar-refractivity contribution in [2.24, 2.45) is 5.41 Å². The third-order valence-corrected chi connectivity index (χ3v) is 5.65. The van der Waals surface area contributed by atoms with Crippen LogP contribution in [-0.2, 0) is 10.0 Å². The quantitative estimate of drug-likeness (QED) is 0.868. The molecule has 0 spiro atoms. The van der Waals surface area contributed by atoms with E-state index in [-0.39, 0.29) is 16.4 Å². The molecule has 0 aromatic heterocycles. The molecule has 1 unspecified atom stereocenters. The predicted molar refractivity (Wildman–Crippen MR) is 79.5 cm³/mol. The van der Waals surface area contributed by atoms with E-state index in [1.54, 1.807) is 19.2 Å². The smallest absolute Gasteiger partial charge is 0.243 e. The Balaban J connectivity index is 3.20. The number of nitrogens with zero attached hydrogens (tertiary/aromatic N) is 1. The van der Waals surface area contributed by atoms with Crippen LogP contribution in [0.3, 0.4) is 0 Å². The Kier molecular flexibility index (Phi) is 4.32. The maximum atomic E-state index is 12.6. The number of sulfonamides is 1. The highest BCUT2D eigenvalue weighted by Crippen LogP contribution is 2.28. The summed E-state index contributed by atoms with van der Waals surface area (Å²) in [6.45, 7) is 9.83. The van der Waals surface area contributed by atoms with Crippen molar-refractivity contribution in [2.75, 3.05) is 12.8 Å². The van der Waals surface area contributed by atoms with Crippen LogP contribution in [0.5, 0.6) is 0 Å². The first kappa shape index (κ1) is 16.0. The molecule has 2 N–H and O–H groups in total. The number of rotatable bonds is 3. The molecule has 5 heteroatoms. The van der Waals surface area contributed by atoms with E-state index in [0.29, 0.717) is 5.69 Å². The summed E-state index contributed by atoms with van der Waals surface area (Å²) in [5.74, 6) is 0. The van der Waals surface area contributed by atoms with E-state index in [2.05, 4.69) is 0 Å². The van der Waals surface area contributed by atoms with E-state index in [0.717, 1.165) is 5.56 Å². The number of anilines is 1. The normalized spacial score (nSPS) is 14.7. The minimum Gasteiger partial charge on any atom is -0.398 e. The summed E-state index contributed by atoms with van der Waals surface area (Å²) in [6.07, 6.45) is 0. The van der Waals surface area contributed by atoms with Crippen LogP contribution in [0.2, 0.25) is 0 Å². The molecule has 0 aliphatic heterocycles. The van der Waals surface area contributed by atoms with Gasteiger partial charge in [0.05, 0.1) is 4.90 Å². The summed E-state index contributed by atoms with van der Waals surface area (Å²) in [5.41, 5.74) is 7.05. The molecular weight excluding hydrogens is 260 g/mol. The first-order chi connectivity index (χ1) is 8.48. The van der Waals surface area contributed by atoms with Crippen LogP contribution >= 0.6 is 0 Å². The minimum atomic E-state index is -3.51. The molecule has 1 rings (SSSR count). The van der Waals surface area contributed by atoms with Gasteiger partial charge in [0.1, 0.15) is 0 Å². The molecule has 0 radical (unpaired) electrons. The molecule has 1 aromatic rings. The lowest BCUT2D eigenvalue weighted by atomic mass is 9.88. The van der Waals surface area contributed by atoms with E-state index in [9.17, 15) is 8.42 Å². The van der Waals surface area contributed by atoms with Gasteiger partial charge in [0.2, 0.25) is 10.0 Å². The van der Waals surface area contributed by atoms with Gasteiger partial charge in [0, 0.05) is 18.8 Å². The van der Waals surface area contributed by atoms with Gasteiger partial charge in [-0.15, -0.1) is 0 Å². The van der Waals surface area contributed by atoms with Crippen LogP contribution < -0.4 is 5.73 Å². The highest BCUT2D eigenvalue weighted by atomic mass is 32.2. The Labute approximate surface area is 116 Å². The lowest BCUT2D eigenvalue weighted by Gasteiger charge is -2.34. The number of nitrogen functional groups attached to an aromatic ring is 1. The number of hydrogen-bond acceptors (Lipinski definition) is 3. The largest absolute Gasteiger partial charge is 0.398 e. The molecule has 19 heavy (non-hydrogen) atoms. The zero-order valence-corrected chi connectivity index (χ0v) is 13.4. The summed E-state index contributed by atoms with van der Waals surface area (Å²) in [5, 5.41) is 0. The first-order valence-corrected chi connectivity index (χ1v) is 7.76. The van der Waals surface area contributed by atoms with Gasteiger partial charge in [0.25, 0.3) is 0 Å². The fourth-order valence-corrected chi connectivity index (χ4v) is 3.28. The lowest BCUT2D eigenvalue weighted by molar-refractivity contribution is 0.216. The highest BCUT2D eigenvalue weighted by molar-refractivity contribution is 7.89. The van der Waals surface area contributed by atoms with Crippen molar-refractivity contribution in [1.82, 2.24) is 4.31 Å². The van der Waals surface area contributed by atoms with E-state index >= 15 is 0 Å². The van der Waals surface area contributed by atoms with Gasteiger partial charge in [-0.05, 0) is 37.0 Å². The van der Waals surface area contributed by atoms with Gasteiger partial charge in [-0.1, -0.05) is 26.8 Å². The van der Waals surface area contributed by atoms with E-state index in [1.165, 1.54) is 10.4 Å². The van der Waals surface area contributed by atoms with Gasteiger partial charge >= 0.3 is 0 Å². The summed E-state index contributed by atoms with van der Waals surface area (Å²) < 4.78 is 26.5. The molecular formula is C14H24N2O2S. The van der Waals surface area contributed by atoms with Crippen molar-refractivity contribution in [2.45, 2.75) is 45.6 Å². The second kappa shape index (κ2) is 5.13. The number of hydrogen-bond donors (Lipinski definition) is 1. The van der Waals surface area contributed by atoms with Crippen LogP contribution in [0.15, 0.2) is 23.1 Å². The first-order valence-electron chi connectivity index (χ1n) is 6.32. The fraction of sp³-hybridized carbons (Fsp3) is 0.571. The van der Waals surface area contributed by atoms with Crippen LogP contribution in [0.25, 0.3) is 0 Å². The molecule has 0 bridgehead atoms. The van der Waals surface area contributed by atoms with Gasteiger partial charge in [-0.25, -0.2) is 8.42 Å². The predicted octanol–water partition coefficient (Wildman–Crippen LogP) is 2.63. The number of benzene rings is 1. The van der Waals surface area contributed by atoms with Crippen molar-refractivity contribution in [3.8, 4) is 0 Å². The maximum Gasteiger partial charge on any atom is 0.243 e. The molecule has 0 fully saturated rings. The van der Waals surface area contributed by atoms with Crippen molar-refractivity contribution in [3.63, 3.8) is 0 Å². The molecule has 1 aromatic carbocycles. The fourth-order valence-electron chi connectivity index (χ4n) is 1.70. The van der Waals surface area contributed by atoms with Crippen LogP contribution in [-0.4, -0.2) is 25.8 Å². The Morgan fingerprint density at radius 2 is 1.79 bits per heavy atom. The lowest BCUT2D eigenvalue weighted by Crippen LogP contribution is -2.42. The SMILES string of the molecule is Cc1ccc(S(=O)(=O)N(C)C(C)C(C)(C)C)cc1N. The molecule has 0 aliphatic carbocycles. The second-order valence-electron chi connectivity index (χ2n) is 6.08. The molecule has 108 valence electrons. The third kappa shape index (κ3) is 3.28. The van der Waals surface area contributed by atoms with Gasteiger partial charge < -0.3 is 5.73 Å². The molecule has 0 heterocycles. The van der Waals surface area contributed by atoms with Crippen molar-refractivity contribution >= 4 is 15.7 Å². The van der Waals surface area contributed by atoms with Crippen LogP contribution in [0.4, 0.5) is 5.69 Å². The molecule has 0 saturated heterocycles. The van der Waals surface area contributed by atoms with Gasteiger partial charge in [-0.3, -0.25) is 0 Å². The second-order valence-corrected chi connectivity index (χ2v) is 8.08. The van der Waals surface area contributed by atoms with Crippen molar-refractivity contribution in [1.29, 1.82) is 0 Å². The average molecular weight is 284 g/mol. The van der Waals surface area contributed by atoms with E-state index in [4.69, 9.17) is 5.73 Å². The van der Waals surface area contributed by atoms with E-state index in [1.807, 2.05) is 34.6 Å². The zero-order chi connectivity index (χ0) is 15.0. The molecule has 1 atom stereocenters. The van der Waals surface area contributed by atoms with Crippen molar-refractivity contribution < 1.29 is 8.42 Å². The Morgan fingerprint density at radius 3 is 2.21 bits per heavy atom. The molecule has 0 saturated carbocycles. The third-order valence-electron chi connectivity index (χ3n) is 3.73. The molecule has 0 amide bonds. The molecule has 0 aliphatic rings. The Morgan fingerprint density at radius 1 is 1.26 bits per heavy atom. The highest BCUT2D eigenvalue weighted by Gasteiger charge is 2.32. The Bertz CT molecular complexity index is 559. The summed E-state index contributed by atoms with van der Waals surface area (Å²) in [6, 6.07) is 4.75. The van der Waals surface area contributed by atoms with Gasteiger partial charge in [-0.2, -0.15) is 4.31 Å². The Hall–Kier alpha value is -1.07. The van der Waals surface area contributed by atoms with Crippen molar-refractivity contribution in [3.05, 3.63) is 23.8 Å². The average Bonchev–Trinajstić information content (AvgIpc) is 2.29. The minimum absolute atomic E-state index is 0.111. The van der Waals surface area contributed by atoms with E-state index < -0.39 is 10.0 Å². The molecule has 4 nitrogen and oxygen atoms in total. The van der Waals surface area contributed by atoms with Gasteiger partial charge in [0.15, 0.2) is 0 Å². The standard InChI is InChI=1S/C14H24N2O2S/c1-10-7-8-12(9-13(10)15)19(17,18)16(6)11(2)14(3,4)5/h7-9,11H,15H2,1-6H3. The number of nitrogens with two attached hydrogens (primary N) is 1. The zero-order valence-electron chi connectivity index (χ0n) is 12.6. The number of aryl methyl sites for hydroxylation is 1. The maximum absolute atomic E-state index is 12.6. The topological polar surface area (TPSA) is 63.4 Å². The monoisotopic (exact) mass is 284 g/mol. The summed E-state index contributed by atoms with van der Waals surface area (Å²) in [7, 11) is -1.89. The van der Waals surface area contributed by atoms with Crippen LogP contribution in [0, 0.1) is 12.3 Å².